The first-order chi connectivity index (χ1) is 9.61. The SMILES string of the molecule is CC(C)n1ncnc1CC(CN)Cc1ccccc1Cl. The zero-order valence-corrected chi connectivity index (χ0v) is 12.7. The lowest BCUT2D eigenvalue weighted by Gasteiger charge is -2.17. The lowest BCUT2D eigenvalue weighted by molar-refractivity contribution is 0.457. The van der Waals surface area contributed by atoms with Gasteiger partial charge >= 0.3 is 0 Å². The minimum Gasteiger partial charge on any atom is -0.330 e. The van der Waals surface area contributed by atoms with Gasteiger partial charge in [0.1, 0.15) is 12.2 Å². The van der Waals surface area contributed by atoms with Crippen molar-refractivity contribution in [3.63, 3.8) is 0 Å². The third kappa shape index (κ3) is 3.58. The fraction of sp³-hybridized carbons (Fsp3) is 0.467. The molecule has 0 aliphatic rings. The minimum absolute atomic E-state index is 0.311. The fourth-order valence-electron chi connectivity index (χ4n) is 2.32. The number of aromatic nitrogens is 3. The predicted molar refractivity (Wildman–Crippen MR) is 81.8 cm³/mol. The Morgan fingerprint density at radius 3 is 2.65 bits per heavy atom. The summed E-state index contributed by atoms with van der Waals surface area (Å²) < 4.78 is 1.95. The van der Waals surface area contributed by atoms with E-state index in [-0.39, 0.29) is 0 Å². The molecule has 0 aliphatic heterocycles. The lowest BCUT2D eigenvalue weighted by atomic mass is 9.96. The Morgan fingerprint density at radius 1 is 1.25 bits per heavy atom. The number of hydrogen-bond acceptors (Lipinski definition) is 3. The van der Waals surface area contributed by atoms with Crippen molar-refractivity contribution in [1.82, 2.24) is 14.8 Å². The maximum absolute atomic E-state index is 6.21. The summed E-state index contributed by atoms with van der Waals surface area (Å²) in [4.78, 5) is 4.35. The molecule has 20 heavy (non-hydrogen) atoms. The van der Waals surface area contributed by atoms with E-state index in [1.807, 2.05) is 22.9 Å². The van der Waals surface area contributed by atoms with Crippen LogP contribution < -0.4 is 5.73 Å². The van der Waals surface area contributed by atoms with Crippen LogP contribution in [0.5, 0.6) is 0 Å². The van der Waals surface area contributed by atoms with Gasteiger partial charge in [0.2, 0.25) is 0 Å². The molecule has 0 saturated heterocycles. The van der Waals surface area contributed by atoms with Crippen LogP contribution >= 0.6 is 11.6 Å². The number of benzene rings is 1. The summed E-state index contributed by atoms with van der Waals surface area (Å²) >= 11 is 6.21. The molecule has 2 N–H and O–H groups in total. The summed E-state index contributed by atoms with van der Waals surface area (Å²) in [5.74, 6) is 1.30. The number of nitrogens with zero attached hydrogens (tertiary/aromatic N) is 3. The van der Waals surface area contributed by atoms with Gasteiger partial charge in [0.05, 0.1) is 0 Å². The molecule has 0 aliphatic carbocycles. The molecule has 0 fully saturated rings. The molecule has 1 atom stereocenters. The van der Waals surface area contributed by atoms with Crippen LogP contribution in [-0.2, 0) is 12.8 Å². The van der Waals surface area contributed by atoms with E-state index >= 15 is 0 Å². The number of rotatable bonds is 6. The number of halogens is 1. The fourth-order valence-corrected chi connectivity index (χ4v) is 2.54. The largest absolute Gasteiger partial charge is 0.330 e. The highest BCUT2D eigenvalue weighted by Crippen LogP contribution is 2.20. The summed E-state index contributed by atoms with van der Waals surface area (Å²) in [6, 6.07) is 8.23. The summed E-state index contributed by atoms with van der Waals surface area (Å²) in [6.07, 6.45) is 3.29. The molecule has 5 heteroatoms. The normalized spacial score (nSPS) is 12.8. The lowest BCUT2D eigenvalue weighted by Crippen LogP contribution is -2.22. The van der Waals surface area contributed by atoms with Gasteiger partial charge in [-0.2, -0.15) is 5.10 Å². The first kappa shape index (κ1) is 15.0. The van der Waals surface area contributed by atoms with Crippen LogP contribution in [0.2, 0.25) is 5.02 Å². The summed E-state index contributed by atoms with van der Waals surface area (Å²) in [7, 11) is 0. The number of nitrogens with two attached hydrogens (primary N) is 1. The second-order valence-electron chi connectivity index (χ2n) is 5.32. The minimum atomic E-state index is 0.311. The second kappa shape index (κ2) is 6.86. The van der Waals surface area contributed by atoms with Gasteiger partial charge in [0, 0.05) is 17.5 Å². The summed E-state index contributed by atoms with van der Waals surface area (Å²) in [6.45, 7) is 4.81. The van der Waals surface area contributed by atoms with Crippen molar-refractivity contribution in [2.24, 2.45) is 11.7 Å². The first-order valence-corrected chi connectivity index (χ1v) is 7.31. The smallest absolute Gasteiger partial charge is 0.138 e. The molecule has 0 bridgehead atoms. The van der Waals surface area contributed by atoms with E-state index in [0.717, 1.165) is 29.3 Å². The van der Waals surface area contributed by atoms with E-state index < -0.39 is 0 Å². The van der Waals surface area contributed by atoms with E-state index in [1.54, 1.807) is 6.33 Å². The molecule has 0 radical (unpaired) electrons. The molecule has 2 aromatic rings. The van der Waals surface area contributed by atoms with Gasteiger partial charge < -0.3 is 5.73 Å². The molecule has 1 unspecified atom stereocenters. The average molecular weight is 293 g/mol. The van der Waals surface area contributed by atoms with Gasteiger partial charge in [0.15, 0.2) is 0 Å². The van der Waals surface area contributed by atoms with E-state index in [0.29, 0.717) is 18.5 Å². The molecule has 1 aromatic carbocycles. The highest BCUT2D eigenvalue weighted by atomic mass is 35.5. The van der Waals surface area contributed by atoms with Crippen LogP contribution in [0.15, 0.2) is 30.6 Å². The Hall–Kier alpha value is -1.39. The predicted octanol–water partition coefficient (Wildman–Crippen LogP) is 2.87. The topological polar surface area (TPSA) is 56.7 Å². The van der Waals surface area contributed by atoms with Gasteiger partial charge in [-0.05, 0) is 44.4 Å². The van der Waals surface area contributed by atoms with Gasteiger partial charge in [-0.1, -0.05) is 29.8 Å². The third-order valence-electron chi connectivity index (χ3n) is 3.41. The van der Waals surface area contributed by atoms with Crippen molar-refractivity contribution in [2.45, 2.75) is 32.7 Å². The zero-order chi connectivity index (χ0) is 14.5. The van der Waals surface area contributed by atoms with E-state index in [1.165, 1.54) is 0 Å². The van der Waals surface area contributed by atoms with Crippen LogP contribution in [0.4, 0.5) is 0 Å². The van der Waals surface area contributed by atoms with Crippen LogP contribution in [-0.4, -0.2) is 21.3 Å². The zero-order valence-electron chi connectivity index (χ0n) is 12.0. The Morgan fingerprint density at radius 2 is 2.00 bits per heavy atom. The van der Waals surface area contributed by atoms with Gasteiger partial charge in [-0.25, -0.2) is 9.67 Å². The monoisotopic (exact) mass is 292 g/mol. The first-order valence-electron chi connectivity index (χ1n) is 6.93. The molecular formula is C15H21ClN4. The summed E-state index contributed by atoms with van der Waals surface area (Å²) in [5, 5.41) is 5.07. The van der Waals surface area contributed by atoms with Crippen molar-refractivity contribution < 1.29 is 0 Å². The van der Waals surface area contributed by atoms with Crippen molar-refractivity contribution in [3.05, 3.63) is 47.0 Å². The molecular weight excluding hydrogens is 272 g/mol. The van der Waals surface area contributed by atoms with Crippen molar-refractivity contribution in [1.29, 1.82) is 0 Å². The van der Waals surface area contributed by atoms with Gasteiger partial charge in [-0.3, -0.25) is 0 Å². The molecule has 0 spiro atoms. The van der Waals surface area contributed by atoms with E-state index in [9.17, 15) is 0 Å². The third-order valence-corrected chi connectivity index (χ3v) is 3.78. The Bertz CT molecular complexity index is 550. The molecule has 1 aromatic heterocycles. The second-order valence-corrected chi connectivity index (χ2v) is 5.72. The van der Waals surface area contributed by atoms with Crippen LogP contribution in [0.25, 0.3) is 0 Å². The Balaban J connectivity index is 2.10. The maximum atomic E-state index is 6.21. The van der Waals surface area contributed by atoms with Crippen molar-refractivity contribution in [3.8, 4) is 0 Å². The highest BCUT2D eigenvalue weighted by Gasteiger charge is 2.15. The van der Waals surface area contributed by atoms with E-state index in [2.05, 4.69) is 30.0 Å². The quantitative estimate of drug-likeness (QED) is 0.891. The van der Waals surface area contributed by atoms with Gasteiger partial charge in [0.25, 0.3) is 0 Å². The highest BCUT2D eigenvalue weighted by molar-refractivity contribution is 6.31. The van der Waals surface area contributed by atoms with Crippen LogP contribution in [0, 0.1) is 5.92 Å². The molecule has 108 valence electrons. The average Bonchev–Trinajstić information content (AvgIpc) is 2.88. The Kier molecular flexibility index (Phi) is 5.15. The Labute approximate surface area is 125 Å². The standard InChI is InChI=1S/C15H21ClN4/c1-11(2)20-15(18-10-19-20)8-12(9-17)7-13-5-3-4-6-14(13)16/h3-6,10-12H,7-9,17H2,1-2H3. The maximum Gasteiger partial charge on any atom is 0.138 e. The van der Waals surface area contributed by atoms with Crippen molar-refractivity contribution >= 4 is 11.6 Å². The van der Waals surface area contributed by atoms with Gasteiger partial charge in [-0.15, -0.1) is 0 Å². The molecule has 1 heterocycles. The molecule has 0 amide bonds. The van der Waals surface area contributed by atoms with E-state index in [4.69, 9.17) is 17.3 Å². The molecule has 0 saturated carbocycles. The van der Waals surface area contributed by atoms with Crippen LogP contribution in [0.1, 0.15) is 31.3 Å². The molecule has 2 rings (SSSR count). The molecule has 4 nitrogen and oxygen atoms in total. The van der Waals surface area contributed by atoms with Crippen LogP contribution in [0.3, 0.4) is 0 Å². The van der Waals surface area contributed by atoms with Crippen molar-refractivity contribution in [2.75, 3.05) is 6.54 Å². The summed E-state index contributed by atoms with van der Waals surface area (Å²) in [5.41, 5.74) is 7.05. The number of hydrogen-bond donors (Lipinski definition) is 1.